The van der Waals surface area contributed by atoms with Gasteiger partial charge in [-0.1, -0.05) is 12.1 Å². The monoisotopic (exact) mass is 295 g/mol. The minimum Gasteiger partial charge on any atom is -0.458 e. The minimum absolute atomic E-state index is 0.168. The second-order valence-corrected chi connectivity index (χ2v) is 4.25. The fourth-order valence-electron chi connectivity index (χ4n) is 1.61. The Morgan fingerprint density at radius 1 is 1.24 bits per heavy atom. The van der Waals surface area contributed by atoms with E-state index in [2.05, 4.69) is 20.5 Å². The quantitative estimate of drug-likeness (QED) is 0.533. The van der Waals surface area contributed by atoms with Gasteiger partial charge < -0.3 is 13.9 Å². The fraction of sp³-hybridized carbons (Fsp3) is 0.583. The van der Waals surface area contributed by atoms with Gasteiger partial charge in [-0.2, -0.15) is 0 Å². The molecule has 0 aliphatic carbocycles. The summed E-state index contributed by atoms with van der Waals surface area (Å²) < 4.78 is 16.7. The molecule has 0 aliphatic heterocycles. The van der Waals surface area contributed by atoms with Gasteiger partial charge in [-0.3, -0.25) is 0 Å². The molecular formula is C12H17N5O4. The average molecular weight is 295 g/mol. The molecule has 114 valence electrons. The molecule has 0 fully saturated rings. The van der Waals surface area contributed by atoms with Crippen LogP contribution in [-0.2, 0) is 22.4 Å². The van der Waals surface area contributed by atoms with E-state index in [4.69, 9.17) is 13.9 Å². The SMILES string of the molecule is CCc1nnc(Cn2nnc(C(=O)OCCOC)c2C)o1. The molecule has 0 aromatic carbocycles. The first-order valence-electron chi connectivity index (χ1n) is 6.53. The first kappa shape index (κ1) is 15.1. The number of aryl methyl sites for hydroxylation is 1. The van der Waals surface area contributed by atoms with Crippen LogP contribution in [0.3, 0.4) is 0 Å². The van der Waals surface area contributed by atoms with E-state index in [1.807, 2.05) is 6.92 Å². The summed E-state index contributed by atoms with van der Waals surface area (Å²) in [6, 6.07) is 0. The standard InChI is InChI=1S/C12H17N5O4/c1-4-9-13-14-10(21-9)7-17-8(2)11(15-16-17)12(18)20-6-5-19-3/h4-7H2,1-3H3. The number of aromatic nitrogens is 5. The molecule has 0 saturated heterocycles. The van der Waals surface area contributed by atoms with Gasteiger partial charge in [0.15, 0.2) is 5.69 Å². The van der Waals surface area contributed by atoms with Crippen LogP contribution in [0.2, 0.25) is 0 Å². The molecule has 0 unspecified atom stereocenters. The van der Waals surface area contributed by atoms with Crippen molar-refractivity contribution in [2.75, 3.05) is 20.3 Å². The number of carbonyl (C=O) groups excluding carboxylic acids is 1. The van der Waals surface area contributed by atoms with E-state index in [-0.39, 0.29) is 18.8 Å². The fourth-order valence-corrected chi connectivity index (χ4v) is 1.61. The maximum absolute atomic E-state index is 11.8. The van der Waals surface area contributed by atoms with Crippen LogP contribution in [0, 0.1) is 6.92 Å². The highest BCUT2D eigenvalue weighted by atomic mass is 16.6. The summed E-state index contributed by atoms with van der Waals surface area (Å²) in [5, 5.41) is 15.5. The Morgan fingerprint density at radius 2 is 2.00 bits per heavy atom. The van der Waals surface area contributed by atoms with Crippen molar-refractivity contribution in [3.8, 4) is 0 Å². The van der Waals surface area contributed by atoms with Gasteiger partial charge in [-0.05, 0) is 6.92 Å². The second kappa shape index (κ2) is 6.93. The first-order valence-corrected chi connectivity index (χ1v) is 6.53. The van der Waals surface area contributed by atoms with E-state index < -0.39 is 5.97 Å². The summed E-state index contributed by atoms with van der Waals surface area (Å²) in [6.07, 6.45) is 0.667. The Balaban J connectivity index is 2.04. The molecule has 0 amide bonds. The summed E-state index contributed by atoms with van der Waals surface area (Å²) in [5.74, 6) is 0.441. The zero-order valence-electron chi connectivity index (χ0n) is 12.2. The molecule has 0 aliphatic rings. The Hall–Kier alpha value is -2.29. The molecule has 0 radical (unpaired) electrons. The van der Waals surface area contributed by atoms with Crippen molar-refractivity contribution in [2.24, 2.45) is 0 Å². The molecular weight excluding hydrogens is 278 g/mol. The van der Waals surface area contributed by atoms with Gasteiger partial charge in [0.05, 0.1) is 12.3 Å². The van der Waals surface area contributed by atoms with Gasteiger partial charge in [-0.25, -0.2) is 9.48 Å². The van der Waals surface area contributed by atoms with E-state index in [9.17, 15) is 4.79 Å². The highest BCUT2D eigenvalue weighted by Crippen LogP contribution is 2.09. The van der Waals surface area contributed by atoms with Crippen LogP contribution in [0.25, 0.3) is 0 Å². The third-order valence-corrected chi connectivity index (χ3v) is 2.79. The van der Waals surface area contributed by atoms with Gasteiger partial charge >= 0.3 is 5.97 Å². The predicted octanol–water partition coefficient (Wildman–Crippen LogP) is 0.383. The molecule has 0 atom stereocenters. The van der Waals surface area contributed by atoms with E-state index >= 15 is 0 Å². The second-order valence-electron chi connectivity index (χ2n) is 4.25. The van der Waals surface area contributed by atoms with Crippen molar-refractivity contribution >= 4 is 5.97 Å². The number of rotatable bonds is 7. The number of esters is 1. The summed E-state index contributed by atoms with van der Waals surface area (Å²) in [5.41, 5.74) is 0.745. The van der Waals surface area contributed by atoms with Crippen LogP contribution < -0.4 is 0 Å². The Kier molecular flexibility index (Phi) is 4.99. The molecule has 0 saturated carbocycles. The summed E-state index contributed by atoms with van der Waals surface area (Å²) in [6.45, 7) is 4.42. The molecule has 0 N–H and O–H groups in total. The zero-order chi connectivity index (χ0) is 15.2. The van der Waals surface area contributed by atoms with Crippen LogP contribution >= 0.6 is 0 Å². The summed E-state index contributed by atoms with van der Waals surface area (Å²) in [7, 11) is 1.53. The van der Waals surface area contributed by atoms with Crippen molar-refractivity contribution < 1.29 is 18.7 Å². The van der Waals surface area contributed by atoms with E-state index in [0.717, 1.165) is 0 Å². The Morgan fingerprint density at radius 3 is 2.67 bits per heavy atom. The van der Waals surface area contributed by atoms with Crippen molar-refractivity contribution in [3.63, 3.8) is 0 Å². The van der Waals surface area contributed by atoms with Gasteiger partial charge in [-0.15, -0.1) is 15.3 Å². The highest BCUT2D eigenvalue weighted by Gasteiger charge is 2.19. The molecule has 9 heteroatoms. The van der Waals surface area contributed by atoms with Crippen molar-refractivity contribution in [3.05, 3.63) is 23.2 Å². The van der Waals surface area contributed by atoms with Crippen LogP contribution in [0.15, 0.2) is 4.42 Å². The normalized spacial score (nSPS) is 10.8. The highest BCUT2D eigenvalue weighted by molar-refractivity contribution is 5.88. The minimum atomic E-state index is -0.532. The zero-order valence-corrected chi connectivity index (χ0v) is 12.2. The van der Waals surface area contributed by atoms with Gasteiger partial charge in [0.2, 0.25) is 11.8 Å². The number of nitrogens with zero attached hydrogens (tertiary/aromatic N) is 5. The predicted molar refractivity (Wildman–Crippen MR) is 69.7 cm³/mol. The number of carbonyl (C=O) groups is 1. The third-order valence-electron chi connectivity index (χ3n) is 2.79. The lowest BCUT2D eigenvalue weighted by Gasteiger charge is -2.02. The van der Waals surface area contributed by atoms with Crippen molar-refractivity contribution in [1.29, 1.82) is 0 Å². The van der Waals surface area contributed by atoms with E-state index in [0.29, 0.717) is 30.5 Å². The maximum atomic E-state index is 11.8. The molecule has 0 spiro atoms. The molecule has 9 nitrogen and oxygen atoms in total. The molecule has 2 aromatic rings. The molecule has 2 aromatic heterocycles. The van der Waals surface area contributed by atoms with Gasteiger partial charge in [0.25, 0.3) is 0 Å². The van der Waals surface area contributed by atoms with Crippen molar-refractivity contribution in [1.82, 2.24) is 25.2 Å². The maximum Gasteiger partial charge on any atom is 0.360 e. The largest absolute Gasteiger partial charge is 0.458 e. The molecule has 2 rings (SSSR count). The van der Waals surface area contributed by atoms with Gasteiger partial charge in [0.1, 0.15) is 13.2 Å². The van der Waals surface area contributed by atoms with Crippen LogP contribution in [0.1, 0.15) is 34.9 Å². The molecule has 0 bridgehead atoms. The van der Waals surface area contributed by atoms with Gasteiger partial charge in [0, 0.05) is 13.5 Å². The van der Waals surface area contributed by atoms with E-state index in [1.54, 1.807) is 6.92 Å². The lowest BCUT2D eigenvalue weighted by atomic mass is 10.3. The van der Waals surface area contributed by atoms with Crippen LogP contribution in [0.5, 0.6) is 0 Å². The smallest absolute Gasteiger partial charge is 0.360 e. The van der Waals surface area contributed by atoms with Crippen LogP contribution in [0.4, 0.5) is 0 Å². The number of methoxy groups -OCH3 is 1. The topological polar surface area (TPSA) is 105 Å². The molecule has 21 heavy (non-hydrogen) atoms. The van der Waals surface area contributed by atoms with Crippen molar-refractivity contribution in [2.45, 2.75) is 26.8 Å². The van der Waals surface area contributed by atoms with E-state index in [1.165, 1.54) is 11.8 Å². The number of ether oxygens (including phenoxy) is 2. The number of hydrogen-bond donors (Lipinski definition) is 0. The lowest BCUT2D eigenvalue weighted by Crippen LogP contribution is -2.12. The average Bonchev–Trinajstić information content (AvgIpc) is 3.07. The summed E-state index contributed by atoms with van der Waals surface area (Å²) in [4.78, 5) is 11.8. The Labute approximate surface area is 121 Å². The molecule has 2 heterocycles. The number of hydrogen-bond acceptors (Lipinski definition) is 8. The lowest BCUT2D eigenvalue weighted by molar-refractivity contribution is 0.0380. The first-order chi connectivity index (χ1) is 10.2. The van der Waals surface area contributed by atoms with Crippen LogP contribution in [-0.4, -0.2) is 51.5 Å². The Bertz CT molecular complexity index is 607. The third kappa shape index (κ3) is 3.63. The summed E-state index contributed by atoms with van der Waals surface area (Å²) >= 11 is 0.